The van der Waals surface area contributed by atoms with Gasteiger partial charge >= 0.3 is 0 Å². The Morgan fingerprint density at radius 3 is 2.00 bits per heavy atom. The van der Waals surface area contributed by atoms with Crippen LogP contribution in [-0.4, -0.2) is 25.0 Å². The lowest BCUT2D eigenvalue weighted by molar-refractivity contribution is 0.279. The summed E-state index contributed by atoms with van der Waals surface area (Å²) >= 11 is 0. The second-order valence-corrected chi connectivity index (χ2v) is 3.90. The Morgan fingerprint density at radius 2 is 1.64 bits per heavy atom. The molecule has 2 atom stereocenters. The van der Waals surface area contributed by atoms with Crippen LogP contribution in [0.2, 0.25) is 0 Å². The van der Waals surface area contributed by atoms with Gasteiger partial charge in [-0.05, 0) is 39.8 Å². The Hall–Kier alpha value is -0.0400. The zero-order valence-electron chi connectivity index (χ0n) is 8.72. The maximum Gasteiger partial charge on any atom is 0.00609 e. The predicted molar refractivity (Wildman–Crippen MR) is 51.8 cm³/mol. The Labute approximate surface area is 71.8 Å². The molecule has 2 unspecified atom stereocenters. The van der Waals surface area contributed by atoms with Crippen molar-refractivity contribution in [2.24, 2.45) is 5.92 Å². The lowest BCUT2D eigenvalue weighted by atomic mass is 10.00. The van der Waals surface area contributed by atoms with Crippen molar-refractivity contribution < 1.29 is 0 Å². The predicted octanol–water partition coefficient (Wildman–Crippen LogP) is 2.76. The van der Waals surface area contributed by atoms with Crippen LogP contribution >= 0.6 is 0 Å². The maximum atomic E-state index is 2.34. The number of hydrogen-bond donors (Lipinski definition) is 0. The summed E-state index contributed by atoms with van der Waals surface area (Å²) in [5.41, 5.74) is 0. The number of nitrogens with zero attached hydrogens (tertiary/aromatic N) is 1. The molecule has 11 heavy (non-hydrogen) atoms. The molecular weight excluding hydrogens is 134 g/mol. The summed E-state index contributed by atoms with van der Waals surface area (Å²) in [6.45, 7) is 6.90. The SMILES string of the molecule is CCC(C)CCC(C)N(C)C. The van der Waals surface area contributed by atoms with E-state index in [0.29, 0.717) is 0 Å². The maximum absolute atomic E-state index is 2.34. The second-order valence-electron chi connectivity index (χ2n) is 3.90. The molecule has 0 N–H and O–H groups in total. The van der Waals surface area contributed by atoms with Crippen molar-refractivity contribution >= 4 is 0 Å². The summed E-state index contributed by atoms with van der Waals surface area (Å²) in [5, 5.41) is 0. The van der Waals surface area contributed by atoms with Crippen molar-refractivity contribution in [2.75, 3.05) is 14.1 Å². The molecule has 1 heteroatoms. The van der Waals surface area contributed by atoms with Crippen molar-refractivity contribution in [3.63, 3.8) is 0 Å². The lowest BCUT2D eigenvalue weighted by Gasteiger charge is -2.20. The van der Waals surface area contributed by atoms with Gasteiger partial charge in [-0.1, -0.05) is 20.3 Å². The molecule has 0 saturated carbocycles. The van der Waals surface area contributed by atoms with E-state index in [1.54, 1.807) is 0 Å². The standard InChI is InChI=1S/C10H23N/c1-6-9(2)7-8-10(3)11(4)5/h9-10H,6-8H2,1-5H3. The highest BCUT2D eigenvalue weighted by molar-refractivity contribution is 4.61. The zero-order valence-corrected chi connectivity index (χ0v) is 8.72. The molecule has 0 aliphatic rings. The van der Waals surface area contributed by atoms with Crippen LogP contribution in [-0.2, 0) is 0 Å². The summed E-state index contributed by atoms with van der Waals surface area (Å²) < 4.78 is 0. The van der Waals surface area contributed by atoms with Crippen LogP contribution < -0.4 is 0 Å². The first kappa shape index (κ1) is 11.0. The highest BCUT2D eigenvalue weighted by Crippen LogP contribution is 2.12. The van der Waals surface area contributed by atoms with E-state index >= 15 is 0 Å². The molecule has 0 aliphatic carbocycles. The molecule has 0 saturated heterocycles. The van der Waals surface area contributed by atoms with Gasteiger partial charge in [0.25, 0.3) is 0 Å². The first-order valence-corrected chi connectivity index (χ1v) is 4.74. The van der Waals surface area contributed by atoms with E-state index in [4.69, 9.17) is 0 Å². The summed E-state index contributed by atoms with van der Waals surface area (Å²) in [7, 11) is 4.31. The Morgan fingerprint density at radius 1 is 1.09 bits per heavy atom. The minimum atomic E-state index is 0.740. The van der Waals surface area contributed by atoms with E-state index in [-0.39, 0.29) is 0 Å². The third kappa shape index (κ3) is 5.25. The molecule has 0 rings (SSSR count). The van der Waals surface area contributed by atoms with Gasteiger partial charge in [0.1, 0.15) is 0 Å². The van der Waals surface area contributed by atoms with Crippen LogP contribution in [0.15, 0.2) is 0 Å². The van der Waals surface area contributed by atoms with Crippen LogP contribution in [0.25, 0.3) is 0 Å². The van der Waals surface area contributed by atoms with Crippen molar-refractivity contribution in [1.29, 1.82) is 0 Å². The minimum Gasteiger partial charge on any atom is -0.307 e. The third-order valence-corrected chi connectivity index (χ3v) is 2.66. The molecule has 0 aromatic heterocycles. The van der Waals surface area contributed by atoms with Gasteiger partial charge in [0.2, 0.25) is 0 Å². The van der Waals surface area contributed by atoms with Gasteiger partial charge in [0.05, 0.1) is 0 Å². The summed E-state index contributed by atoms with van der Waals surface area (Å²) in [5.74, 6) is 0.900. The normalized spacial score (nSPS) is 16.9. The van der Waals surface area contributed by atoms with Crippen molar-refractivity contribution in [3.05, 3.63) is 0 Å². The van der Waals surface area contributed by atoms with Crippen LogP contribution in [0.1, 0.15) is 40.0 Å². The van der Waals surface area contributed by atoms with E-state index in [9.17, 15) is 0 Å². The average Bonchev–Trinajstić information content (AvgIpc) is 1.99. The summed E-state index contributed by atoms with van der Waals surface area (Å²) in [6, 6.07) is 0.740. The molecule has 0 heterocycles. The van der Waals surface area contributed by atoms with E-state index in [1.165, 1.54) is 19.3 Å². The van der Waals surface area contributed by atoms with Crippen LogP contribution in [0.3, 0.4) is 0 Å². The number of hydrogen-bond acceptors (Lipinski definition) is 1. The minimum absolute atomic E-state index is 0.740. The topological polar surface area (TPSA) is 3.24 Å². The largest absolute Gasteiger partial charge is 0.307 e. The Kier molecular flexibility index (Phi) is 5.57. The summed E-state index contributed by atoms with van der Waals surface area (Å²) in [4.78, 5) is 2.29. The van der Waals surface area contributed by atoms with E-state index < -0.39 is 0 Å². The van der Waals surface area contributed by atoms with Crippen LogP contribution in [0, 0.1) is 5.92 Å². The van der Waals surface area contributed by atoms with E-state index in [2.05, 4.69) is 39.8 Å². The van der Waals surface area contributed by atoms with E-state index in [1.807, 2.05) is 0 Å². The molecule has 0 aliphatic heterocycles. The first-order valence-electron chi connectivity index (χ1n) is 4.74. The van der Waals surface area contributed by atoms with Crippen molar-refractivity contribution in [1.82, 2.24) is 4.90 Å². The third-order valence-electron chi connectivity index (χ3n) is 2.66. The van der Waals surface area contributed by atoms with Crippen molar-refractivity contribution in [2.45, 2.75) is 46.1 Å². The van der Waals surface area contributed by atoms with E-state index in [0.717, 1.165) is 12.0 Å². The highest BCUT2D eigenvalue weighted by atomic mass is 15.1. The van der Waals surface area contributed by atoms with Gasteiger partial charge in [-0.2, -0.15) is 0 Å². The fraction of sp³-hybridized carbons (Fsp3) is 1.00. The van der Waals surface area contributed by atoms with Gasteiger partial charge < -0.3 is 4.90 Å². The highest BCUT2D eigenvalue weighted by Gasteiger charge is 2.06. The fourth-order valence-electron chi connectivity index (χ4n) is 0.988. The first-order chi connectivity index (χ1) is 5.07. The molecule has 0 aromatic rings. The van der Waals surface area contributed by atoms with Crippen LogP contribution in [0.4, 0.5) is 0 Å². The van der Waals surface area contributed by atoms with Gasteiger partial charge in [0.15, 0.2) is 0 Å². The van der Waals surface area contributed by atoms with Gasteiger partial charge in [0, 0.05) is 6.04 Å². The lowest BCUT2D eigenvalue weighted by Crippen LogP contribution is -2.24. The monoisotopic (exact) mass is 157 g/mol. The fourth-order valence-corrected chi connectivity index (χ4v) is 0.988. The van der Waals surface area contributed by atoms with Crippen LogP contribution in [0.5, 0.6) is 0 Å². The Bertz CT molecular complexity index is 88.9. The zero-order chi connectivity index (χ0) is 8.85. The Balaban J connectivity index is 3.37. The molecule has 0 aromatic carbocycles. The molecule has 0 bridgehead atoms. The smallest absolute Gasteiger partial charge is 0.00609 e. The van der Waals surface area contributed by atoms with Gasteiger partial charge in [-0.15, -0.1) is 0 Å². The average molecular weight is 157 g/mol. The molecule has 0 amide bonds. The summed E-state index contributed by atoms with van der Waals surface area (Å²) in [6.07, 6.45) is 4.03. The van der Waals surface area contributed by atoms with Crippen molar-refractivity contribution in [3.8, 4) is 0 Å². The molecule has 0 spiro atoms. The molecule has 68 valence electrons. The quantitative estimate of drug-likeness (QED) is 0.593. The van der Waals surface area contributed by atoms with Gasteiger partial charge in [-0.3, -0.25) is 0 Å². The molecule has 1 nitrogen and oxygen atoms in total. The molecule has 0 radical (unpaired) electrons. The van der Waals surface area contributed by atoms with Gasteiger partial charge in [-0.25, -0.2) is 0 Å². The molecular formula is C10H23N. The molecule has 0 fully saturated rings. The second kappa shape index (κ2) is 5.59. The number of rotatable bonds is 5.